The Morgan fingerprint density at radius 1 is 1.43 bits per heavy atom. The highest BCUT2D eigenvalue weighted by Crippen LogP contribution is 2.30. The van der Waals surface area contributed by atoms with Gasteiger partial charge < -0.3 is 10.4 Å². The molecule has 1 heterocycles. The summed E-state index contributed by atoms with van der Waals surface area (Å²) in [4.78, 5) is 20.0. The highest BCUT2D eigenvalue weighted by atomic mass is 16.4. The van der Waals surface area contributed by atoms with Crippen LogP contribution in [-0.4, -0.2) is 27.1 Å². The summed E-state index contributed by atoms with van der Waals surface area (Å²) < 4.78 is 0. The molecule has 1 aromatic heterocycles. The highest BCUT2D eigenvalue weighted by molar-refractivity contribution is 5.91. The Balaban J connectivity index is 2.24. The molecule has 116 valence electrons. The van der Waals surface area contributed by atoms with E-state index in [1.807, 2.05) is 13.8 Å². The van der Waals surface area contributed by atoms with Crippen LogP contribution in [0.25, 0.3) is 0 Å². The van der Waals surface area contributed by atoms with Crippen LogP contribution in [-0.2, 0) is 0 Å². The number of carboxylic acids is 1. The standard InChI is InChI=1S/C16H25N3O2/c1-4-11-7-5-6-8-12(11)18-13-9-17-15(10(2)3)19-14(13)16(20)21/h9-12,18H,4-8H2,1-3H3,(H,20,21). The van der Waals surface area contributed by atoms with E-state index in [2.05, 4.69) is 22.2 Å². The first kappa shape index (κ1) is 15.7. The number of aromatic carboxylic acids is 1. The number of hydrogen-bond donors (Lipinski definition) is 2. The Hall–Kier alpha value is -1.65. The maximum Gasteiger partial charge on any atom is 0.356 e. The quantitative estimate of drug-likeness (QED) is 0.865. The van der Waals surface area contributed by atoms with E-state index in [0.29, 0.717) is 23.5 Å². The first-order valence-corrected chi connectivity index (χ1v) is 7.89. The van der Waals surface area contributed by atoms with Crippen molar-refractivity contribution in [1.82, 2.24) is 9.97 Å². The van der Waals surface area contributed by atoms with Gasteiger partial charge in [0.25, 0.3) is 0 Å². The number of carboxylic acid groups (broad SMARTS) is 1. The number of rotatable bonds is 5. The second-order valence-electron chi connectivity index (χ2n) is 6.15. The van der Waals surface area contributed by atoms with Crippen molar-refractivity contribution in [3.05, 3.63) is 17.7 Å². The van der Waals surface area contributed by atoms with Gasteiger partial charge in [0.1, 0.15) is 5.82 Å². The third-order valence-corrected chi connectivity index (χ3v) is 4.30. The van der Waals surface area contributed by atoms with Gasteiger partial charge in [-0.15, -0.1) is 0 Å². The van der Waals surface area contributed by atoms with Gasteiger partial charge in [-0.3, -0.25) is 0 Å². The van der Waals surface area contributed by atoms with Gasteiger partial charge in [-0.25, -0.2) is 14.8 Å². The molecule has 5 nitrogen and oxygen atoms in total. The molecule has 2 rings (SSSR count). The number of carbonyl (C=O) groups is 1. The highest BCUT2D eigenvalue weighted by Gasteiger charge is 2.25. The normalized spacial score (nSPS) is 22.3. The summed E-state index contributed by atoms with van der Waals surface area (Å²) in [5.74, 6) is 0.305. The maximum atomic E-state index is 11.5. The van der Waals surface area contributed by atoms with Crippen LogP contribution in [0, 0.1) is 5.92 Å². The van der Waals surface area contributed by atoms with Crippen molar-refractivity contribution in [3.8, 4) is 0 Å². The van der Waals surface area contributed by atoms with E-state index in [1.165, 1.54) is 19.3 Å². The van der Waals surface area contributed by atoms with Crippen LogP contribution in [0.3, 0.4) is 0 Å². The molecule has 1 fully saturated rings. The Morgan fingerprint density at radius 2 is 2.14 bits per heavy atom. The summed E-state index contributed by atoms with van der Waals surface area (Å²) in [6, 6.07) is 0.329. The number of hydrogen-bond acceptors (Lipinski definition) is 4. The summed E-state index contributed by atoms with van der Waals surface area (Å²) in [6.45, 7) is 6.12. The first-order valence-electron chi connectivity index (χ1n) is 7.89. The lowest BCUT2D eigenvalue weighted by atomic mass is 9.83. The summed E-state index contributed by atoms with van der Waals surface area (Å²) in [5.41, 5.74) is 0.645. The van der Waals surface area contributed by atoms with Crippen LogP contribution in [0.4, 0.5) is 5.69 Å². The summed E-state index contributed by atoms with van der Waals surface area (Å²) in [5, 5.41) is 12.8. The van der Waals surface area contributed by atoms with E-state index in [4.69, 9.17) is 0 Å². The lowest BCUT2D eigenvalue weighted by Crippen LogP contribution is -2.32. The third-order valence-electron chi connectivity index (χ3n) is 4.30. The van der Waals surface area contributed by atoms with Gasteiger partial charge in [0.2, 0.25) is 0 Å². The molecule has 1 aliphatic carbocycles. The predicted molar refractivity (Wildman–Crippen MR) is 82.7 cm³/mol. The zero-order chi connectivity index (χ0) is 15.4. The van der Waals surface area contributed by atoms with E-state index in [1.54, 1.807) is 6.20 Å². The van der Waals surface area contributed by atoms with Crippen molar-refractivity contribution < 1.29 is 9.90 Å². The molecule has 0 aromatic carbocycles. The van der Waals surface area contributed by atoms with E-state index in [0.717, 1.165) is 12.8 Å². The molecular weight excluding hydrogens is 266 g/mol. The van der Waals surface area contributed by atoms with Crippen LogP contribution in [0.5, 0.6) is 0 Å². The minimum atomic E-state index is -0.995. The van der Waals surface area contributed by atoms with E-state index in [-0.39, 0.29) is 11.6 Å². The van der Waals surface area contributed by atoms with Gasteiger partial charge >= 0.3 is 5.97 Å². The van der Waals surface area contributed by atoms with Gasteiger partial charge in [-0.2, -0.15) is 0 Å². The number of anilines is 1. The molecule has 2 atom stereocenters. The molecule has 1 saturated carbocycles. The molecule has 2 N–H and O–H groups in total. The Morgan fingerprint density at radius 3 is 2.76 bits per heavy atom. The van der Waals surface area contributed by atoms with Crippen LogP contribution in [0.15, 0.2) is 6.20 Å². The van der Waals surface area contributed by atoms with Gasteiger partial charge in [0.05, 0.1) is 11.9 Å². The fraction of sp³-hybridized carbons (Fsp3) is 0.688. The van der Waals surface area contributed by atoms with Crippen LogP contribution < -0.4 is 5.32 Å². The van der Waals surface area contributed by atoms with Crippen molar-refractivity contribution in [2.75, 3.05) is 5.32 Å². The summed E-state index contributed by atoms with van der Waals surface area (Å²) >= 11 is 0. The van der Waals surface area contributed by atoms with Crippen LogP contribution in [0.2, 0.25) is 0 Å². The van der Waals surface area contributed by atoms with Crippen molar-refractivity contribution >= 4 is 11.7 Å². The number of nitrogens with zero attached hydrogens (tertiary/aromatic N) is 2. The van der Waals surface area contributed by atoms with Crippen molar-refractivity contribution in [3.63, 3.8) is 0 Å². The van der Waals surface area contributed by atoms with Crippen molar-refractivity contribution in [2.24, 2.45) is 5.92 Å². The SMILES string of the molecule is CCC1CCCCC1Nc1cnc(C(C)C)nc1C(=O)O. The predicted octanol–water partition coefficient (Wildman–Crippen LogP) is 3.68. The van der Waals surface area contributed by atoms with Gasteiger partial charge in [0, 0.05) is 12.0 Å². The Kier molecular flexibility index (Phi) is 5.15. The lowest BCUT2D eigenvalue weighted by molar-refractivity contribution is 0.0691. The fourth-order valence-electron chi connectivity index (χ4n) is 3.03. The molecule has 21 heavy (non-hydrogen) atoms. The minimum Gasteiger partial charge on any atom is -0.476 e. The first-order chi connectivity index (χ1) is 10.0. The van der Waals surface area contributed by atoms with Gasteiger partial charge in [-0.1, -0.05) is 40.0 Å². The number of nitrogens with one attached hydrogen (secondary N) is 1. The molecule has 1 aliphatic rings. The third kappa shape index (κ3) is 3.71. The lowest BCUT2D eigenvalue weighted by Gasteiger charge is -2.32. The topological polar surface area (TPSA) is 75.1 Å². The summed E-state index contributed by atoms with van der Waals surface area (Å²) in [6.07, 6.45) is 7.51. The Bertz CT molecular complexity index is 502. The van der Waals surface area contributed by atoms with E-state index < -0.39 is 5.97 Å². The second-order valence-corrected chi connectivity index (χ2v) is 6.15. The molecule has 0 bridgehead atoms. The average Bonchev–Trinajstić information content (AvgIpc) is 2.47. The van der Waals surface area contributed by atoms with Crippen molar-refractivity contribution in [1.29, 1.82) is 0 Å². The smallest absolute Gasteiger partial charge is 0.356 e. The zero-order valence-corrected chi connectivity index (χ0v) is 13.1. The fourth-order valence-corrected chi connectivity index (χ4v) is 3.03. The minimum absolute atomic E-state index is 0.0918. The molecular formula is C16H25N3O2. The molecule has 0 spiro atoms. The monoisotopic (exact) mass is 291 g/mol. The second kappa shape index (κ2) is 6.87. The molecule has 0 aliphatic heterocycles. The van der Waals surface area contributed by atoms with E-state index >= 15 is 0 Å². The average molecular weight is 291 g/mol. The van der Waals surface area contributed by atoms with Gasteiger partial charge in [0.15, 0.2) is 5.69 Å². The Labute approximate surface area is 126 Å². The van der Waals surface area contributed by atoms with Crippen molar-refractivity contribution in [2.45, 2.75) is 64.8 Å². The van der Waals surface area contributed by atoms with Crippen LogP contribution >= 0.6 is 0 Å². The summed E-state index contributed by atoms with van der Waals surface area (Å²) in [7, 11) is 0. The molecule has 0 radical (unpaired) electrons. The zero-order valence-electron chi connectivity index (χ0n) is 13.1. The van der Waals surface area contributed by atoms with Gasteiger partial charge in [-0.05, 0) is 18.8 Å². The van der Waals surface area contributed by atoms with E-state index in [9.17, 15) is 9.90 Å². The molecule has 0 saturated heterocycles. The molecule has 2 unspecified atom stereocenters. The number of aromatic nitrogens is 2. The van der Waals surface area contributed by atoms with Crippen LogP contribution in [0.1, 0.15) is 75.1 Å². The largest absolute Gasteiger partial charge is 0.476 e. The molecule has 5 heteroatoms. The molecule has 0 amide bonds. The maximum absolute atomic E-state index is 11.5. The molecule has 1 aromatic rings.